The summed E-state index contributed by atoms with van der Waals surface area (Å²) in [4.78, 5) is 14.9. The molecule has 1 heterocycles. The molecule has 0 saturated heterocycles. The molecule has 0 amide bonds. The average molecular weight is 447 g/mol. The third-order valence-corrected chi connectivity index (χ3v) is 5.76. The van der Waals surface area contributed by atoms with Crippen LogP contribution in [0.3, 0.4) is 0 Å². The fraction of sp³-hybridized carbons (Fsp3) is 0.0714. The number of nitro benzene ring substituents is 1. The zero-order chi connectivity index (χ0) is 23.3. The number of aliphatic imine (C=N–C) groups is 1. The lowest BCUT2D eigenvalue weighted by atomic mass is 9.98. The highest BCUT2D eigenvalue weighted by atomic mass is 16.6. The normalized spacial score (nSPS) is 15.5. The van der Waals surface area contributed by atoms with Crippen molar-refractivity contribution in [1.29, 1.82) is 0 Å². The van der Waals surface area contributed by atoms with E-state index >= 15 is 0 Å². The van der Waals surface area contributed by atoms with Crippen molar-refractivity contribution < 1.29 is 4.92 Å². The molecule has 0 fully saturated rings. The molecule has 0 radical (unpaired) electrons. The number of hydrogen-bond donors (Lipinski definition) is 0. The van der Waals surface area contributed by atoms with Crippen LogP contribution in [0, 0.1) is 10.1 Å². The van der Waals surface area contributed by atoms with Crippen molar-refractivity contribution in [1.82, 2.24) is 0 Å². The van der Waals surface area contributed by atoms with Crippen molar-refractivity contribution in [2.24, 2.45) is 10.1 Å². The summed E-state index contributed by atoms with van der Waals surface area (Å²) in [5, 5.41) is 18.0. The number of rotatable bonds is 6. The molecular formula is C28H22N4O2. The molecule has 0 N–H and O–H groups in total. The lowest BCUT2D eigenvalue weighted by Crippen LogP contribution is -2.18. The Kier molecular flexibility index (Phi) is 5.95. The van der Waals surface area contributed by atoms with E-state index < -0.39 is 4.92 Å². The van der Waals surface area contributed by atoms with Crippen LogP contribution >= 0.6 is 0 Å². The minimum Gasteiger partial charge on any atom is -0.258 e. The van der Waals surface area contributed by atoms with E-state index in [0.29, 0.717) is 5.69 Å². The first-order chi connectivity index (χ1) is 16.7. The quantitative estimate of drug-likeness (QED) is 0.188. The summed E-state index contributed by atoms with van der Waals surface area (Å²) in [6.07, 6.45) is 2.53. The van der Waals surface area contributed by atoms with E-state index in [0.717, 1.165) is 28.9 Å². The summed E-state index contributed by atoms with van der Waals surface area (Å²) in [6.45, 7) is 0. The maximum absolute atomic E-state index is 11.0. The molecule has 4 aromatic rings. The first-order valence-corrected chi connectivity index (χ1v) is 11.0. The van der Waals surface area contributed by atoms with Crippen molar-refractivity contribution in [2.45, 2.75) is 12.5 Å². The fourth-order valence-corrected chi connectivity index (χ4v) is 4.04. The lowest BCUT2D eigenvalue weighted by molar-refractivity contribution is -0.384. The molecule has 166 valence electrons. The molecule has 34 heavy (non-hydrogen) atoms. The van der Waals surface area contributed by atoms with Crippen LogP contribution in [-0.2, 0) is 0 Å². The molecule has 4 aromatic carbocycles. The Bertz CT molecular complexity index is 1350. The van der Waals surface area contributed by atoms with Gasteiger partial charge in [-0.05, 0) is 34.9 Å². The fourth-order valence-electron chi connectivity index (χ4n) is 4.04. The SMILES string of the molecule is O=[N+]([O-])c1cccc(N=Cc2ccc(N3N=C(c4ccccc4)CC3c3ccccc3)cc2)c1. The summed E-state index contributed by atoms with van der Waals surface area (Å²) >= 11 is 0. The van der Waals surface area contributed by atoms with E-state index in [-0.39, 0.29) is 11.7 Å². The van der Waals surface area contributed by atoms with E-state index in [2.05, 4.69) is 46.4 Å². The van der Waals surface area contributed by atoms with Gasteiger partial charge in [-0.15, -0.1) is 0 Å². The first-order valence-electron chi connectivity index (χ1n) is 11.0. The number of benzene rings is 4. The van der Waals surface area contributed by atoms with Gasteiger partial charge >= 0.3 is 0 Å². The molecule has 5 rings (SSSR count). The molecular weight excluding hydrogens is 424 g/mol. The second-order valence-electron chi connectivity index (χ2n) is 8.01. The largest absolute Gasteiger partial charge is 0.271 e. The monoisotopic (exact) mass is 446 g/mol. The van der Waals surface area contributed by atoms with Gasteiger partial charge in [0.2, 0.25) is 0 Å². The number of nitrogens with zero attached hydrogens (tertiary/aromatic N) is 4. The van der Waals surface area contributed by atoms with Crippen molar-refractivity contribution in [2.75, 3.05) is 5.01 Å². The predicted molar refractivity (Wildman–Crippen MR) is 136 cm³/mol. The van der Waals surface area contributed by atoms with Crippen LogP contribution in [0.5, 0.6) is 0 Å². The second-order valence-corrected chi connectivity index (χ2v) is 8.01. The van der Waals surface area contributed by atoms with Crippen molar-refractivity contribution in [3.8, 4) is 0 Å². The Labute approximate surface area is 197 Å². The number of anilines is 1. The molecule has 1 atom stereocenters. The van der Waals surface area contributed by atoms with Crippen LogP contribution in [0.2, 0.25) is 0 Å². The zero-order valence-electron chi connectivity index (χ0n) is 18.4. The van der Waals surface area contributed by atoms with Gasteiger partial charge in [0.05, 0.1) is 28.1 Å². The Hall–Kier alpha value is -4.58. The summed E-state index contributed by atoms with van der Waals surface area (Å²) in [6, 6.07) is 35.1. The Morgan fingerprint density at radius 2 is 1.59 bits per heavy atom. The van der Waals surface area contributed by atoms with Gasteiger partial charge in [0.25, 0.3) is 5.69 Å². The minimum absolute atomic E-state index is 0.0260. The molecule has 1 aliphatic heterocycles. The van der Waals surface area contributed by atoms with Crippen LogP contribution in [0.1, 0.15) is 29.2 Å². The van der Waals surface area contributed by atoms with Gasteiger partial charge in [0.15, 0.2) is 0 Å². The van der Waals surface area contributed by atoms with Crippen LogP contribution in [-0.4, -0.2) is 16.8 Å². The van der Waals surface area contributed by atoms with Crippen molar-refractivity contribution in [3.05, 3.63) is 136 Å². The number of non-ortho nitro benzene ring substituents is 1. The molecule has 0 saturated carbocycles. The minimum atomic E-state index is -0.419. The van der Waals surface area contributed by atoms with E-state index in [9.17, 15) is 10.1 Å². The zero-order valence-corrected chi connectivity index (χ0v) is 18.4. The molecule has 0 spiro atoms. The maximum atomic E-state index is 11.0. The average Bonchev–Trinajstić information content (AvgIpc) is 3.35. The van der Waals surface area contributed by atoms with E-state index in [1.807, 2.05) is 48.5 Å². The van der Waals surface area contributed by atoms with E-state index in [4.69, 9.17) is 5.10 Å². The van der Waals surface area contributed by atoms with Gasteiger partial charge < -0.3 is 0 Å². The summed E-state index contributed by atoms with van der Waals surface area (Å²) in [5.74, 6) is 0. The van der Waals surface area contributed by atoms with Crippen LogP contribution in [0.15, 0.2) is 119 Å². The molecule has 0 bridgehead atoms. The lowest BCUT2D eigenvalue weighted by Gasteiger charge is -2.24. The number of hydrazone groups is 1. The third-order valence-electron chi connectivity index (χ3n) is 5.76. The van der Waals surface area contributed by atoms with Crippen molar-refractivity contribution >= 4 is 29.0 Å². The number of nitro groups is 1. The molecule has 6 heteroatoms. The van der Waals surface area contributed by atoms with Crippen LogP contribution < -0.4 is 5.01 Å². The van der Waals surface area contributed by atoms with Crippen molar-refractivity contribution in [3.63, 3.8) is 0 Å². The highest BCUT2D eigenvalue weighted by molar-refractivity contribution is 6.03. The van der Waals surface area contributed by atoms with Gasteiger partial charge in [-0.25, -0.2) is 0 Å². The smallest absolute Gasteiger partial charge is 0.258 e. The highest BCUT2D eigenvalue weighted by Crippen LogP contribution is 2.36. The molecule has 1 unspecified atom stereocenters. The first kappa shape index (κ1) is 21.3. The summed E-state index contributed by atoms with van der Waals surface area (Å²) < 4.78 is 0. The van der Waals surface area contributed by atoms with Gasteiger partial charge in [-0.3, -0.25) is 20.1 Å². The molecule has 1 aliphatic rings. The highest BCUT2D eigenvalue weighted by Gasteiger charge is 2.29. The maximum Gasteiger partial charge on any atom is 0.271 e. The van der Waals surface area contributed by atoms with E-state index in [1.165, 1.54) is 17.7 Å². The van der Waals surface area contributed by atoms with E-state index in [1.54, 1.807) is 18.3 Å². The van der Waals surface area contributed by atoms with Gasteiger partial charge in [-0.2, -0.15) is 5.10 Å². The van der Waals surface area contributed by atoms with Crippen LogP contribution in [0.4, 0.5) is 17.1 Å². The summed E-state index contributed by atoms with van der Waals surface area (Å²) in [5.41, 5.74) is 5.87. The van der Waals surface area contributed by atoms with Gasteiger partial charge in [0, 0.05) is 24.8 Å². The molecule has 0 aromatic heterocycles. The Morgan fingerprint density at radius 1 is 0.882 bits per heavy atom. The standard InChI is InChI=1S/C28H22N4O2/c33-32(34)26-13-7-12-24(18-26)29-20-21-14-16-25(17-15-21)31-28(23-10-5-2-6-11-23)19-27(30-31)22-8-3-1-4-9-22/h1-18,20,28H,19H2. The Morgan fingerprint density at radius 3 is 2.29 bits per heavy atom. The van der Waals surface area contributed by atoms with Gasteiger partial charge in [-0.1, -0.05) is 78.9 Å². The topological polar surface area (TPSA) is 71.1 Å². The van der Waals surface area contributed by atoms with Crippen LogP contribution in [0.25, 0.3) is 0 Å². The predicted octanol–water partition coefficient (Wildman–Crippen LogP) is 6.70. The van der Waals surface area contributed by atoms with Gasteiger partial charge in [0.1, 0.15) is 0 Å². The molecule has 0 aliphatic carbocycles. The third kappa shape index (κ3) is 4.61. The molecule has 6 nitrogen and oxygen atoms in total. The number of hydrogen-bond acceptors (Lipinski definition) is 5. The summed E-state index contributed by atoms with van der Waals surface area (Å²) in [7, 11) is 0. The Balaban J connectivity index is 1.41. The second kappa shape index (κ2) is 9.50.